The Morgan fingerprint density at radius 3 is 2.50 bits per heavy atom. The minimum atomic E-state index is -0.890. The molecule has 1 aliphatic heterocycles. The molecular formula is C25H21FN2O4. The summed E-state index contributed by atoms with van der Waals surface area (Å²) in [6.07, 6.45) is 1.60. The van der Waals surface area contributed by atoms with Crippen LogP contribution in [0.4, 0.5) is 4.39 Å². The number of likely N-dealkylation sites (tertiary alicyclic amines) is 1. The van der Waals surface area contributed by atoms with Gasteiger partial charge in [0, 0.05) is 11.8 Å². The van der Waals surface area contributed by atoms with Gasteiger partial charge in [-0.1, -0.05) is 18.2 Å². The molecule has 1 unspecified atom stereocenters. The maximum atomic E-state index is 13.6. The van der Waals surface area contributed by atoms with Gasteiger partial charge in [0.15, 0.2) is 0 Å². The lowest BCUT2D eigenvalue weighted by molar-refractivity contribution is -0.140. The van der Waals surface area contributed by atoms with E-state index in [0.717, 1.165) is 0 Å². The first kappa shape index (κ1) is 21.2. The molecule has 1 atom stereocenters. The summed E-state index contributed by atoms with van der Waals surface area (Å²) in [6.45, 7) is 1.83. The van der Waals surface area contributed by atoms with Crippen molar-refractivity contribution in [3.05, 3.63) is 101 Å². The zero-order valence-electron chi connectivity index (χ0n) is 17.6. The number of pyridine rings is 1. The van der Waals surface area contributed by atoms with Crippen molar-refractivity contribution in [1.82, 2.24) is 9.88 Å². The van der Waals surface area contributed by atoms with Crippen molar-refractivity contribution in [3.63, 3.8) is 0 Å². The fraction of sp³-hybridized carbons (Fsp3) is 0.160. The molecule has 0 aliphatic carbocycles. The third-order valence-electron chi connectivity index (χ3n) is 5.47. The summed E-state index contributed by atoms with van der Waals surface area (Å²) < 4.78 is 18.8. The molecule has 4 rings (SSSR count). The van der Waals surface area contributed by atoms with Crippen molar-refractivity contribution in [3.8, 4) is 5.75 Å². The van der Waals surface area contributed by atoms with Crippen molar-refractivity contribution in [2.45, 2.75) is 19.5 Å². The van der Waals surface area contributed by atoms with Crippen LogP contribution in [0.25, 0.3) is 5.76 Å². The van der Waals surface area contributed by atoms with Gasteiger partial charge in [-0.15, -0.1) is 0 Å². The lowest BCUT2D eigenvalue weighted by Crippen LogP contribution is -2.29. The lowest BCUT2D eigenvalue weighted by Gasteiger charge is -2.25. The van der Waals surface area contributed by atoms with Gasteiger partial charge in [0.1, 0.15) is 17.3 Å². The number of ketones is 1. The Morgan fingerprint density at radius 2 is 1.88 bits per heavy atom. The van der Waals surface area contributed by atoms with Gasteiger partial charge in [-0.25, -0.2) is 4.39 Å². The molecule has 1 saturated heterocycles. The monoisotopic (exact) mass is 432 g/mol. The maximum absolute atomic E-state index is 13.6. The Morgan fingerprint density at radius 1 is 1.12 bits per heavy atom. The van der Waals surface area contributed by atoms with Crippen molar-refractivity contribution in [1.29, 1.82) is 0 Å². The van der Waals surface area contributed by atoms with Crippen molar-refractivity contribution in [2.75, 3.05) is 7.11 Å². The predicted molar refractivity (Wildman–Crippen MR) is 116 cm³/mol. The minimum absolute atomic E-state index is 0.0502. The van der Waals surface area contributed by atoms with Gasteiger partial charge in [-0.2, -0.15) is 0 Å². The molecule has 7 heteroatoms. The van der Waals surface area contributed by atoms with Crippen LogP contribution in [-0.4, -0.2) is 33.8 Å². The van der Waals surface area contributed by atoms with Crippen molar-refractivity contribution < 1.29 is 23.8 Å². The molecule has 6 nitrogen and oxygen atoms in total. The van der Waals surface area contributed by atoms with E-state index in [0.29, 0.717) is 28.1 Å². The summed E-state index contributed by atoms with van der Waals surface area (Å²) in [4.78, 5) is 31.7. The van der Waals surface area contributed by atoms with E-state index in [2.05, 4.69) is 4.98 Å². The third kappa shape index (κ3) is 3.85. The van der Waals surface area contributed by atoms with Crippen LogP contribution >= 0.6 is 0 Å². The summed E-state index contributed by atoms with van der Waals surface area (Å²) in [6, 6.07) is 14.9. The van der Waals surface area contributed by atoms with Gasteiger partial charge in [0.25, 0.3) is 11.7 Å². The average molecular weight is 432 g/mol. The SMILES string of the molecule is COc1ccc(/C(O)=C2/C(=O)C(=O)N(Cc3ccccn3)C2c2ccc(F)cc2)c(C)c1. The smallest absolute Gasteiger partial charge is 0.296 e. The number of carbonyl (C=O) groups excluding carboxylic acids is 2. The Kier molecular flexibility index (Phi) is 5.73. The molecule has 32 heavy (non-hydrogen) atoms. The Labute approximate surface area is 184 Å². The second-order valence-corrected chi connectivity index (χ2v) is 7.48. The number of nitrogens with zero attached hydrogens (tertiary/aromatic N) is 2. The standard InChI is InChI=1S/C25H21FN2O4/c1-15-13-19(32-2)10-11-20(15)23(29)21-22(16-6-8-17(26)9-7-16)28(25(31)24(21)30)14-18-5-3-4-12-27-18/h3-13,22,29H,14H2,1-2H3/b23-21-. The zero-order valence-corrected chi connectivity index (χ0v) is 17.6. The van der Waals surface area contributed by atoms with Crippen LogP contribution in [0.1, 0.15) is 28.4 Å². The topological polar surface area (TPSA) is 79.7 Å². The highest BCUT2D eigenvalue weighted by Gasteiger charge is 2.46. The van der Waals surface area contributed by atoms with Gasteiger partial charge in [0.2, 0.25) is 0 Å². The minimum Gasteiger partial charge on any atom is -0.507 e. The molecule has 2 heterocycles. The molecule has 0 bridgehead atoms. The van der Waals surface area contributed by atoms with E-state index in [9.17, 15) is 19.1 Å². The van der Waals surface area contributed by atoms with E-state index in [-0.39, 0.29) is 17.9 Å². The number of methoxy groups -OCH3 is 1. The number of hydrogen-bond donors (Lipinski definition) is 1. The van der Waals surface area contributed by atoms with E-state index in [1.165, 1.54) is 36.3 Å². The molecule has 1 aromatic heterocycles. The van der Waals surface area contributed by atoms with Crippen LogP contribution in [0.15, 0.2) is 72.4 Å². The Hall–Kier alpha value is -4.00. The Bertz CT molecular complexity index is 1210. The molecule has 1 aliphatic rings. The number of rotatable bonds is 5. The van der Waals surface area contributed by atoms with Crippen molar-refractivity contribution in [2.24, 2.45) is 0 Å². The van der Waals surface area contributed by atoms with Gasteiger partial charge in [-0.3, -0.25) is 14.6 Å². The summed E-state index contributed by atoms with van der Waals surface area (Å²) in [5.74, 6) is -1.69. The van der Waals surface area contributed by atoms with Gasteiger partial charge < -0.3 is 14.7 Å². The van der Waals surface area contributed by atoms with Crippen LogP contribution in [0.2, 0.25) is 0 Å². The summed E-state index contributed by atoms with van der Waals surface area (Å²) in [5.41, 5.74) is 2.13. The van der Waals surface area contributed by atoms with Crippen LogP contribution < -0.4 is 4.74 Å². The lowest BCUT2D eigenvalue weighted by atomic mass is 9.94. The van der Waals surface area contributed by atoms with Crippen molar-refractivity contribution >= 4 is 17.4 Å². The molecular weight excluding hydrogens is 411 g/mol. The summed E-state index contributed by atoms with van der Waals surface area (Å²) in [7, 11) is 1.53. The normalized spacial score (nSPS) is 17.6. The maximum Gasteiger partial charge on any atom is 0.296 e. The van der Waals surface area contributed by atoms with E-state index in [4.69, 9.17) is 4.74 Å². The highest BCUT2D eigenvalue weighted by molar-refractivity contribution is 6.46. The van der Waals surface area contributed by atoms with Gasteiger partial charge in [-0.05, 0) is 60.5 Å². The fourth-order valence-corrected chi connectivity index (χ4v) is 3.87. The van der Waals surface area contributed by atoms with E-state index >= 15 is 0 Å². The second-order valence-electron chi connectivity index (χ2n) is 7.48. The number of aliphatic hydroxyl groups excluding tert-OH is 1. The van der Waals surface area contributed by atoms with Crippen LogP contribution in [-0.2, 0) is 16.1 Å². The average Bonchev–Trinajstić information content (AvgIpc) is 3.04. The first-order valence-corrected chi connectivity index (χ1v) is 9.99. The third-order valence-corrected chi connectivity index (χ3v) is 5.47. The number of aryl methyl sites for hydroxylation is 1. The largest absolute Gasteiger partial charge is 0.507 e. The number of carbonyl (C=O) groups is 2. The number of amides is 1. The predicted octanol–water partition coefficient (Wildman–Crippen LogP) is 4.16. The fourth-order valence-electron chi connectivity index (χ4n) is 3.87. The zero-order chi connectivity index (χ0) is 22.8. The number of halogens is 1. The number of Topliss-reactive ketones (excluding diaryl/α,β-unsaturated/α-hetero) is 1. The molecule has 2 aromatic carbocycles. The number of benzene rings is 2. The van der Waals surface area contributed by atoms with E-state index in [1.54, 1.807) is 49.5 Å². The summed E-state index contributed by atoms with van der Waals surface area (Å²) in [5, 5.41) is 11.2. The quantitative estimate of drug-likeness (QED) is 0.372. The van der Waals surface area contributed by atoms with E-state index in [1.807, 2.05) is 0 Å². The first-order chi connectivity index (χ1) is 15.4. The number of hydrogen-bond acceptors (Lipinski definition) is 5. The van der Waals surface area contributed by atoms with E-state index < -0.39 is 23.5 Å². The number of aromatic nitrogens is 1. The molecule has 1 N–H and O–H groups in total. The van der Waals surface area contributed by atoms with Gasteiger partial charge in [0.05, 0.1) is 31.0 Å². The molecule has 0 spiro atoms. The van der Waals surface area contributed by atoms with Crippen LogP contribution in [0, 0.1) is 12.7 Å². The van der Waals surface area contributed by atoms with Crippen LogP contribution in [0.5, 0.6) is 5.75 Å². The number of aliphatic hydroxyl groups is 1. The second kappa shape index (κ2) is 8.63. The summed E-state index contributed by atoms with van der Waals surface area (Å²) >= 11 is 0. The van der Waals surface area contributed by atoms with Crippen LogP contribution in [0.3, 0.4) is 0 Å². The molecule has 0 saturated carbocycles. The Balaban J connectivity index is 1.87. The molecule has 1 amide bonds. The molecule has 3 aromatic rings. The molecule has 162 valence electrons. The number of ether oxygens (including phenoxy) is 1. The first-order valence-electron chi connectivity index (χ1n) is 9.99. The highest BCUT2D eigenvalue weighted by atomic mass is 19.1. The molecule has 0 radical (unpaired) electrons. The molecule has 1 fully saturated rings. The van der Waals surface area contributed by atoms with Gasteiger partial charge >= 0.3 is 0 Å². The highest BCUT2D eigenvalue weighted by Crippen LogP contribution is 2.40.